The quantitative estimate of drug-likeness (QED) is 0.180. The maximum atomic E-state index is 13.6. The standard InChI is InChI=1S/C41H49N9O4/c1-26-34-23-43-41(46-38(34)50(30-8-3-4-9-30)40(54)37(26)27(2)51)44-35-14-12-28(22-42-35)24-47-16-6-11-32(25-47)49-19-17-48(18-20-49)31-10-5-7-29(21-31)33-13-15-36(52)45-39(33)53/h5,7,10,12,14,21-23,30,32-33H,3-4,6,8-9,11,13,15-20,24-25H2,1-2H3,(H,45,52,53)(H,42,43,44,46)/t32-,33?/m0/s1. The molecule has 0 spiro atoms. The lowest BCUT2D eigenvalue weighted by Gasteiger charge is -2.44. The predicted octanol–water partition coefficient (Wildman–Crippen LogP) is 4.86. The number of fused-ring (bicyclic) bond motifs is 1. The molecule has 1 saturated carbocycles. The van der Waals surface area contributed by atoms with E-state index in [-0.39, 0.29) is 40.7 Å². The van der Waals surface area contributed by atoms with Crippen molar-refractivity contribution in [3.8, 4) is 0 Å². The first-order valence-corrected chi connectivity index (χ1v) is 19.5. The van der Waals surface area contributed by atoms with Gasteiger partial charge in [0.2, 0.25) is 17.8 Å². The average Bonchev–Trinajstić information content (AvgIpc) is 3.70. The number of ketones is 1. The van der Waals surface area contributed by atoms with Crippen molar-refractivity contribution in [3.63, 3.8) is 0 Å². The second-order valence-electron chi connectivity index (χ2n) is 15.4. The van der Waals surface area contributed by atoms with Crippen molar-refractivity contribution < 1.29 is 14.4 Å². The second-order valence-corrected chi connectivity index (χ2v) is 15.4. The fourth-order valence-corrected chi connectivity index (χ4v) is 9.04. The van der Waals surface area contributed by atoms with E-state index in [1.807, 2.05) is 24.4 Å². The second kappa shape index (κ2) is 15.4. The van der Waals surface area contributed by atoms with Crippen molar-refractivity contribution in [1.29, 1.82) is 0 Å². The summed E-state index contributed by atoms with van der Waals surface area (Å²) in [5, 5.41) is 6.45. The number of likely N-dealkylation sites (tertiary alicyclic amines) is 1. The molecule has 13 nitrogen and oxygen atoms in total. The number of hydrogen-bond donors (Lipinski definition) is 2. The number of aromatic nitrogens is 4. The van der Waals surface area contributed by atoms with Gasteiger partial charge >= 0.3 is 0 Å². The zero-order chi connectivity index (χ0) is 37.3. The van der Waals surface area contributed by atoms with Gasteiger partial charge in [-0.3, -0.25) is 38.9 Å². The van der Waals surface area contributed by atoms with Gasteiger partial charge in [-0.05, 0) is 87.4 Å². The number of benzene rings is 1. The van der Waals surface area contributed by atoms with Crippen LogP contribution in [0.2, 0.25) is 0 Å². The molecule has 1 aromatic carbocycles. The van der Waals surface area contributed by atoms with Gasteiger partial charge < -0.3 is 10.2 Å². The minimum atomic E-state index is -0.269. The molecule has 282 valence electrons. The number of nitrogens with zero attached hydrogens (tertiary/aromatic N) is 7. The molecule has 13 heteroatoms. The molecule has 0 bridgehead atoms. The largest absolute Gasteiger partial charge is 0.369 e. The summed E-state index contributed by atoms with van der Waals surface area (Å²) in [4.78, 5) is 71.8. The van der Waals surface area contributed by atoms with Crippen molar-refractivity contribution in [3.05, 3.63) is 81.4 Å². The fraction of sp³-hybridized carbons (Fsp3) is 0.488. The maximum Gasteiger partial charge on any atom is 0.263 e. The smallest absolute Gasteiger partial charge is 0.263 e. The highest BCUT2D eigenvalue weighted by atomic mass is 16.2. The number of aryl methyl sites for hydroxylation is 1. The number of anilines is 3. The van der Waals surface area contributed by atoms with Gasteiger partial charge in [0.1, 0.15) is 11.5 Å². The zero-order valence-electron chi connectivity index (χ0n) is 31.2. The Labute approximate surface area is 315 Å². The monoisotopic (exact) mass is 731 g/mol. The molecular formula is C41H49N9O4. The van der Waals surface area contributed by atoms with E-state index in [1.54, 1.807) is 17.7 Å². The molecule has 0 radical (unpaired) electrons. The van der Waals surface area contributed by atoms with Crippen LogP contribution in [0, 0.1) is 6.92 Å². The number of carbonyl (C=O) groups is 3. The van der Waals surface area contributed by atoms with Gasteiger partial charge in [0.25, 0.3) is 5.56 Å². The first-order chi connectivity index (χ1) is 26.2. The Morgan fingerprint density at radius 2 is 1.70 bits per heavy atom. The number of piperidine rings is 2. The van der Waals surface area contributed by atoms with Crippen LogP contribution >= 0.6 is 0 Å². The first kappa shape index (κ1) is 36.0. The summed E-state index contributed by atoms with van der Waals surface area (Å²) in [6.07, 6.45) is 10.8. The van der Waals surface area contributed by atoms with Gasteiger partial charge in [-0.1, -0.05) is 31.0 Å². The topological polar surface area (TPSA) is 146 Å². The van der Waals surface area contributed by atoms with E-state index >= 15 is 0 Å². The van der Waals surface area contributed by atoms with Crippen molar-refractivity contribution in [1.82, 2.24) is 34.6 Å². The van der Waals surface area contributed by atoms with E-state index in [2.05, 4.69) is 48.5 Å². The van der Waals surface area contributed by atoms with Crippen LogP contribution in [0.4, 0.5) is 17.5 Å². The molecule has 6 heterocycles. The number of piperazine rings is 1. The van der Waals surface area contributed by atoms with Crippen LogP contribution in [0.3, 0.4) is 0 Å². The van der Waals surface area contributed by atoms with Crippen LogP contribution in [0.1, 0.15) is 97.3 Å². The Hall–Kier alpha value is -5.01. The number of hydrogen-bond acceptors (Lipinski definition) is 11. The molecule has 8 rings (SSSR count). The summed E-state index contributed by atoms with van der Waals surface area (Å²) in [6.45, 7) is 10.0. The number of nitrogens with one attached hydrogen (secondary N) is 2. The summed E-state index contributed by atoms with van der Waals surface area (Å²) in [5.74, 6) is 0.116. The summed E-state index contributed by atoms with van der Waals surface area (Å²) in [6, 6.07) is 12.9. The lowest BCUT2D eigenvalue weighted by Crippen LogP contribution is -2.55. The Bertz CT molecular complexity index is 2120. The molecule has 2 N–H and O–H groups in total. The van der Waals surface area contributed by atoms with Gasteiger partial charge in [-0.2, -0.15) is 4.98 Å². The zero-order valence-corrected chi connectivity index (χ0v) is 31.2. The molecular weight excluding hydrogens is 683 g/mol. The van der Waals surface area contributed by atoms with Gasteiger partial charge in [0.05, 0.1) is 11.5 Å². The van der Waals surface area contributed by atoms with Crippen molar-refractivity contribution >= 4 is 46.1 Å². The average molecular weight is 732 g/mol. The molecule has 3 aromatic heterocycles. The highest BCUT2D eigenvalue weighted by Gasteiger charge is 2.31. The molecule has 1 aliphatic carbocycles. The highest BCUT2D eigenvalue weighted by Crippen LogP contribution is 2.33. The van der Waals surface area contributed by atoms with Crippen LogP contribution in [0.25, 0.3) is 11.0 Å². The Morgan fingerprint density at radius 3 is 2.44 bits per heavy atom. The minimum absolute atomic E-state index is 0.0224. The lowest BCUT2D eigenvalue weighted by atomic mass is 9.90. The minimum Gasteiger partial charge on any atom is -0.369 e. The van der Waals surface area contributed by atoms with Crippen molar-refractivity contribution in [2.24, 2.45) is 0 Å². The number of imide groups is 1. The maximum absolute atomic E-state index is 13.6. The molecule has 1 unspecified atom stereocenters. The van der Waals surface area contributed by atoms with E-state index in [4.69, 9.17) is 9.97 Å². The van der Waals surface area contributed by atoms with E-state index in [0.717, 1.165) is 100 Å². The van der Waals surface area contributed by atoms with Gasteiger partial charge in [0, 0.05) is 81.2 Å². The van der Waals surface area contributed by atoms with Gasteiger partial charge in [-0.25, -0.2) is 9.97 Å². The number of amides is 2. The molecule has 2 amide bonds. The molecule has 4 fully saturated rings. The molecule has 3 saturated heterocycles. The third-order valence-electron chi connectivity index (χ3n) is 11.9. The van der Waals surface area contributed by atoms with E-state index in [1.165, 1.54) is 13.3 Å². The third kappa shape index (κ3) is 7.39. The molecule has 54 heavy (non-hydrogen) atoms. The summed E-state index contributed by atoms with van der Waals surface area (Å²) < 4.78 is 1.73. The van der Waals surface area contributed by atoms with E-state index in [9.17, 15) is 19.2 Å². The number of rotatable bonds is 9. The van der Waals surface area contributed by atoms with Gasteiger partial charge in [0.15, 0.2) is 5.78 Å². The van der Waals surface area contributed by atoms with Crippen LogP contribution in [-0.2, 0) is 16.1 Å². The SMILES string of the molecule is CC(=O)c1c(C)c2cnc(Nc3ccc(CN4CCC[C@H](N5CCN(c6cccc(C7CCC(=O)NC7=O)c6)CC5)C4)cn3)nc2n(C2CCCC2)c1=O. The molecule has 2 atom stereocenters. The number of pyridine rings is 2. The van der Waals surface area contributed by atoms with Crippen LogP contribution in [0.5, 0.6) is 0 Å². The summed E-state index contributed by atoms with van der Waals surface area (Å²) >= 11 is 0. The molecule has 4 aromatic rings. The Kier molecular flexibility index (Phi) is 10.3. The van der Waals surface area contributed by atoms with Crippen molar-refractivity contribution in [2.75, 3.05) is 49.5 Å². The van der Waals surface area contributed by atoms with Crippen molar-refractivity contribution in [2.45, 2.75) is 89.8 Å². The van der Waals surface area contributed by atoms with Crippen LogP contribution < -0.4 is 21.1 Å². The number of carbonyl (C=O) groups excluding carboxylic acids is 3. The molecule has 4 aliphatic rings. The normalized spacial score (nSPS) is 21.8. The van der Waals surface area contributed by atoms with Crippen LogP contribution in [0.15, 0.2) is 53.6 Å². The fourth-order valence-electron chi connectivity index (χ4n) is 9.04. The highest BCUT2D eigenvalue weighted by molar-refractivity contribution is 6.01. The van der Waals surface area contributed by atoms with E-state index < -0.39 is 0 Å². The predicted molar refractivity (Wildman–Crippen MR) is 207 cm³/mol. The Morgan fingerprint density at radius 1 is 0.907 bits per heavy atom. The van der Waals surface area contributed by atoms with Crippen LogP contribution in [-0.4, -0.2) is 92.2 Å². The first-order valence-electron chi connectivity index (χ1n) is 19.5. The third-order valence-corrected chi connectivity index (χ3v) is 11.9. The van der Waals surface area contributed by atoms with Gasteiger partial charge in [-0.15, -0.1) is 0 Å². The summed E-state index contributed by atoms with van der Waals surface area (Å²) in [7, 11) is 0. The molecule has 3 aliphatic heterocycles. The summed E-state index contributed by atoms with van der Waals surface area (Å²) in [5.41, 5.74) is 4.42. The lowest BCUT2D eigenvalue weighted by molar-refractivity contribution is -0.134. The Balaban J connectivity index is 0.878. The van der Waals surface area contributed by atoms with E-state index in [0.29, 0.717) is 41.9 Å². The number of Topliss-reactive ketones (excluding diaryl/α,β-unsaturated/α-hetero) is 1.